The summed E-state index contributed by atoms with van der Waals surface area (Å²) in [4.78, 5) is 16.9. The van der Waals surface area contributed by atoms with Crippen LogP contribution in [0.4, 0.5) is 8.78 Å². The van der Waals surface area contributed by atoms with Gasteiger partial charge in [0.05, 0.1) is 16.3 Å². The molecule has 1 aliphatic carbocycles. The van der Waals surface area contributed by atoms with E-state index in [9.17, 15) is 18.7 Å². The molecule has 0 radical (unpaired) electrons. The average Bonchev–Trinajstić information content (AvgIpc) is 2.67. The Morgan fingerprint density at radius 3 is 2.38 bits per heavy atom. The van der Waals surface area contributed by atoms with Crippen molar-refractivity contribution in [2.24, 2.45) is 0 Å². The van der Waals surface area contributed by atoms with E-state index in [4.69, 9.17) is 11.6 Å². The second kappa shape index (κ2) is 8.00. The minimum absolute atomic E-state index is 0.205. The summed E-state index contributed by atoms with van der Waals surface area (Å²) in [7, 11) is 0. The van der Waals surface area contributed by atoms with Gasteiger partial charge in [0.2, 0.25) is 5.92 Å². The number of halogens is 3. The SMILES string of the molecule is CC(C)(O)c1ccc(C2(CNC(=O)c3ccccc3Cl)CCC(F)(F)CC2)cn1. The molecule has 1 saturated carbocycles. The molecule has 1 aromatic heterocycles. The Morgan fingerprint density at radius 2 is 1.83 bits per heavy atom. The van der Waals surface area contributed by atoms with Crippen LogP contribution >= 0.6 is 11.6 Å². The third-order valence-electron chi connectivity index (χ3n) is 5.65. The lowest BCUT2D eigenvalue weighted by molar-refractivity contribution is -0.0516. The number of rotatable bonds is 5. The zero-order valence-corrected chi connectivity index (χ0v) is 17.3. The summed E-state index contributed by atoms with van der Waals surface area (Å²) >= 11 is 6.10. The second-order valence-electron chi connectivity index (χ2n) is 8.29. The highest BCUT2D eigenvalue weighted by atomic mass is 35.5. The van der Waals surface area contributed by atoms with Crippen molar-refractivity contribution < 1.29 is 18.7 Å². The predicted molar refractivity (Wildman–Crippen MR) is 108 cm³/mol. The zero-order chi connectivity index (χ0) is 21.3. The number of nitrogens with zero attached hydrogens (tertiary/aromatic N) is 1. The minimum atomic E-state index is -2.70. The summed E-state index contributed by atoms with van der Waals surface area (Å²) in [5, 5.41) is 13.3. The first kappa shape index (κ1) is 21.7. The Morgan fingerprint density at radius 1 is 1.17 bits per heavy atom. The lowest BCUT2D eigenvalue weighted by atomic mass is 9.68. The van der Waals surface area contributed by atoms with E-state index >= 15 is 0 Å². The van der Waals surface area contributed by atoms with Crippen LogP contribution in [-0.2, 0) is 11.0 Å². The molecule has 1 amide bonds. The van der Waals surface area contributed by atoms with E-state index in [1.165, 1.54) is 0 Å². The molecule has 3 rings (SSSR count). The molecule has 2 aromatic rings. The van der Waals surface area contributed by atoms with Crippen molar-refractivity contribution in [2.75, 3.05) is 6.54 Å². The van der Waals surface area contributed by atoms with Gasteiger partial charge in [0.25, 0.3) is 5.91 Å². The molecule has 0 saturated heterocycles. The fourth-order valence-electron chi connectivity index (χ4n) is 3.72. The molecule has 0 aliphatic heterocycles. The molecular weight excluding hydrogens is 398 g/mol. The highest BCUT2D eigenvalue weighted by molar-refractivity contribution is 6.33. The Balaban J connectivity index is 1.85. The molecule has 1 aromatic carbocycles. The van der Waals surface area contributed by atoms with Crippen LogP contribution in [0.1, 0.15) is 61.1 Å². The maximum Gasteiger partial charge on any atom is 0.252 e. The molecule has 0 bridgehead atoms. The van der Waals surface area contributed by atoms with Crippen LogP contribution in [0.25, 0.3) is 0 Å². The summed E-state index contributed by atoms with van der Waals surface area (Å²) < 4.78 is 27.7. The van der Waals surface area contributed by atoms with Crippen molar-refractivity contribution >= 4 is 17.5 Å². The third kappa shape index (κ3) is 4.93. The number of aromatic nitrogens is 1. The van der Waals surface area contributed by atoms with Crippen molar-refractivity contribution in [1.82, 2.24) is 10.3 Å². The number of hydrogen-bond acceptors (Lipinski definition) is 3. The number of alkyl halides is 2. The van der Waals surface area contributed by atoms with Gasteiger partial charge >= 0.3 is 0 Å². The van der Waals surface area contributed by atoms with Gasteiger partial charge in [0.1, 0.15) is 5.60 Å². The van der Waals surface area contributed by atoms with Crippen LogP contribution in [0.2, 0.25) is 5.02 Å². The van der Waals surface area contributed by atoms with Crippen LogP contribution in [0.5, 0.6) is 0 Å². The highest BCUT2D eigenvalue weighted by Gasteiger charge is 2.44. The van der Waals surface area contributed by atoms with Gasteiger partial charge in [-0.2, -0.15) is 0 Å². The van der Waals surface area contributed by atoms with Gasteiger partial charge in [-0.1, -0.05) is 29.8 Å². The average molecular weight is 423 g/mol. The van der Waals surface area contributed by atoms with E-state index in [2.05, 4.69) is 10.3 Å². The summed E-state index contributed by atoms with van der Waals surface area (Å²) in [5.74, 6) is -3.04. The number of carbonyl (C=O) groups excluding carboxylic acids is 1. The number of pyridine rings is 1. The molecule has 0 unspecified atom stereocenters. The predicted octanol–water partition coefficient (Wildman–Crippen LogP) is 4.84. The number of carbonyl (C=O) groups is 1. The second-order valence-corrected chi connectivity index (χ2v) is 8.70. The van der Waals surface area contributed by atoms with Crippen molar-refractivity contribution in [1.29, 1.82) is 0 Å². The molecule has 0 spiro atoms. The van der Waals surface area contributed by atoms with E-state index in [1.807, 2.05) is 6.07 Å². The van der Waals surface area contributed by atoms with E-state index in [0.29, 0.717) is 16.3 Å². The fourth-order valence-corrected chi connectivity index (χ4v) is 3.94. The Bertz CT molecular complexity index is 869. The molecular formula is C22H25ClF2N2O2. The van der Waals surface area contributed by atoms with Crippen molar-refractivity contribution in [3.05, 3.63) is 64.4 Å². The highest BCUT2D eigenvalue weighted by Crippen LogP contribution is 2.45. The molecule has 29 heavy (non-hydrogen) atoms. The Kier molecular flexibility index (Phi) is 5.97. The first-order valence-corrected chi connectivity index (χ1v) is 10.0. The fraction of sp³-hybridized carbons (Fsp3) is 0.455. The van der Waals surface area contributed by atoms with Gasteiger partial charge in [-0.05, 0) is 50.5 Å². The van der Waals surface area contributed by atoms with Gasteiger partial charge in [-0.15, -0.1) is 0 Å². The summed E-state index contributed by atoms with van der Waals surface area (Å²) in [5.41, 5.74) is -0.119. The Hall–Kier alpha value is -2.05. The first-order valence-electron chi connectivity index (χ1n) is 9.62. The smallest absolute Gasteiger partial charge is 0.252 e. The third-order valence-corrected chi connectivity index (χ3v) is 5.98. The summed E-state index contributed by atoms with van der Waals surface area (Å²) in [6.45, 7) is 3.47. The van der Waals surface area contributed by atoms with Gasteiger partial charge < -0.3 is 10.4 Å². The van der Waals surface area contributed by atoms with Gasteiger partial charge in [-0.25, -0.2) is 8.78 Å². The number of aliphatic hydroxyl groups is 1. The number of hydrogen-bond donors (Lipinski definition) is 2. The molecule has 1 aliphatic rings. The van der Waals surface area contributed by atoms with Gasteiger partial charge in [-0.3, -0.25) is 9.78 Å². The minimum Gasteiger partial charge on any atom is -0.384 e. The van der Waals surface area contributed by atoms with E-state index in [0.717, 1.165) is 5.56 Å². The van der Waals surface area contributed by atoms with Crippen LogP contribution in [0.15, 0.2) is 42.6 Å². The topological polar surface area (TPSA) is 62.2 Å². The maximum absolute atomic E-state index is 13.8. The lowest BCUT2D eigenvalue weighted by Crippen LogP contribution is -2.45. The molecule has 1 fully saturated rings. The zero-order valence-electron chi connectivity index (χ0n) is 16.5. The van der Waals surface area contributed by atoms with Crippen LogP contribution in [0, 0.1) is 0 Å². The van der Waals surface area contributed by atoms with Gasteiger partial charge in [0, 0.05) is 31.0 Å². The quantitative estimate of drug-likeness (QED) is 0.724. The molecule has 156 valence electrons. The lowest BCUT2D eigenvalue weighted by Gasteiger charge is -2.40. The largest absolute Gasteiger partial charge is 0.384 e. The normalized spacial score (nSPS) is 18.3. The van der Waals surface area contributed by atoms with E-state index in [-0.39, 0.29) is 38.1 Å². The maximum atomic E-state index is 13.8. The standard InChI is InChI=1S/C22H25ClF2N2O2/c1-20(2,29)18-8-7-15(13-26-18)21(9-11-22(24,25)12-10-21)14-27-19(28)16-5-3-4-6-17(16)23/h3-8,13,29H,9-12,14H2,1-2H3,(H,27,28). The van der Waals surface area contributed by atoms with Crippen molar-refractivity contribution in [3.8, 4) is 0 Å². The molecule has 7 heteroatoms. The van der Waals surface area contributed by atoms with E-state index in [1.54, 1.807) is 50.4 Å². The number of amides is 1. The monoisotopic (exact) mass is 422 g/mol. The van der Waals surface area contributed by atoms with Crippen LogP contribution in [0.3, 0.4) is 0 Å². The van der Waals surface area contributed by atoms with Crippen LogP contribution < -0.4 is 5.32 Å². The summed E-state index contributed by atoms with van der Waals surface area (Å²) in [6, 6.07) is 10.2. The molecule has 1 heterocycles. The van der Waals surface area contributed by atoms with E-state index < -0.39 is 16.9 Å². The summed E-state index contributed by atoms with van der Waals surface area (Å²) in [6.07, 6.45) is 1.58. The number of benzene rings is 1. The van der Waals surface area contributed by atoms with Crippen molar-refractivity contribution in [3.63, 3.8) is 0 Å². The Labute approximate surface area is 174 Å². The molecule has 0 atom stereocenters. The first-order chi connectivity index (χ1) is 13.5. The van der Waals surface area contributed by atoms with Crippen LogP contribution in [-0.4, -0.2) is 28.5 Å². The number of nitrogens with one attached hydrogen (secondary N) is 1. The molecule has 2 N–H and O–H groups in total. The van der Waals surface area contributed by atoms with Gasteiger partial charge in [0.15, 0.2) is 0 Å². The van der Waals surface area contributed by atoms with Crippen molar-refractivity contribution in [2.45, 2.75) is 56.5 Å². The molecule has 4 nitrogen and oxygen atoms in total.